The Morgan fingerprint density at radius 3 is 2.62 bits per heavy atom. The fraction of sp³-hybridized carbons (Fsp3) is 0.889. The molecular weight excluding hydrogens is 170 g/mol. The van der Waals surface area contributed by atoms with Crippen molar-refractivity contribution in [2.24, 2.45) is 0 Å². The number of nitrogens with one attached hydrogen (secondary N) is 1. The zero-order valence-electron chi connectivity index (χ0n) is 8.17. The van der Waals surface area contributed by atoms with E-state index in [9.17, 15) is 4.79 Å². The van der Waals surface area contributed by atoms with E-state index in [0.717, 1.165) is 19.5 Å². The average molecular weight is 187 g/mol. The molecule has 4 heteroatoms. The summed E-state index contributed by atoms with van der Waals surface area (Å²) in [4.78, 5) is 10.8. The Morgan fingerprint density at radius 1 is 1.69 bits per heavy atom. The molecule has 1 atom stereocenters. The van der Waals surface area contributed by atoms with Gasteiger partial charge in [0, 0.05) is 13.1 Å². The highest BCUT2D eigenvalue weighted by molar-refractivity contribution is 5.72. The Bertz CT molecular complexity index is 189. The second-order valence-corrected chi connectivity index (χ2v) is 3.79. The molecule has 1 fully saturated rings. The van der Waals surface area contributed by atoms with Crippen molar-refractivity contribution in [3.63, 3.8) is 0 Å². The number of carbonyl (C=O) groups is 1. The third-order valence-electron chi connectivity index (χ3n) is 2.25. The van der Waals surface area contributed by atoms with E-state index >= 15 is 0 Å². The molecule has 0 saturated carbocycles. The molecule has 1 unspecified atom stereocenters. The first-order valence-electron chi connectivity index (χ1n) is 4.69. The lowest BCUT2D eigenvalue weighted by molar-refractivity contribution is -0.169. The number of ether oxygens (including phenoxy) is 1. The first-order valence-corrected chi connectivity index (χ1v) is 4.69. The van der Waals surface area contributed by atoms with E-state index in [1.807, 2.05) is 13.8 Å². The van der Waals surface area contributed by atoms with Gasteiger partial charge in [0.15, 0.2) is 6.10 Å². The molecule has 0 radical (unpaired) electrons. The largest absolute Gasteiger partial charge is 0.479 e. The van der Waals surface area contributed by atoms with E-state index in [0.29, 0.717) is 6.42 Å². The predicted molar refractivity (Wildman–Crippen MR) is 48.7 cm³/mol. The minimum absolute atomic E-state index is 0.266. The Hall–Kier alpha value is -0.610. The molecule has 0 spiro atoms. The van der Waals surface area contributed by atoms with Gasteiger partial charge in [-0.25, -0.2) is 4.79 Å². The van der Waals surface area contributed by atoms with E-state index in [4.69, 9.17) is 9.84 Å². The van der Waals surface area contributed by atoms with Gasteiger partial charge in [-0.3, -0.25) is 0 Å². The van der Waals surface area contributed by atoms with Crippen molar-refractivity contribution in [1.82, 2.24) is 5.32 Å². The van der Waals surface area contributed by atoms with Crippen LogP contribution in [-0.4, -0.2) is 35.9 Å². The fourth-order valence-electron chi connectivity index (χ4n) is 1.40. The topological polar surface area (TPSA) is 58.6 Å². The van der Waals surface area contributed by atoms with Crippen molar-refractivity contribution >= 4 is 5.97 Å². The zero-order valence-corrected chi connectivity index (χ0v) is 8.17. The van der Waals surface area contributed by atoms with E-state index in [-0.39, 0.29) is 5.60 Å². The molecule has 0 aliphatic carbocycles. The van der Waals surface area contributed by atoms with E-state index < -0.39 is 12.1 Å². The second kappa shape index (κ2) is 4.07. The number of hydrogen-bond acceptors (Lipinski definition) is 3. The van der Waals surface area contributed by atoms with Crippen LogP contribution in [0.15, 0.2) is 0 Å². The van der Waals surface area contributed by atoms with Crippen molar-refractivity contribution in [3.8, 4) is 0 Å². The van der Waals surface area contributed by atoms with Crippen LogP contribution in [0, 0.1) is 0 Å². The summed E-state index contributed by atoms with van der Waals surface area (Å²) in [6, 6.07) is 0. The van der Waals surface area contributed by atoms with Crippen LogP contribution in [-0.2, 0) is 9.53 Å². The van der Waals surface area contributed by atoms with Crippen LogP contribution in [0.2, 0.25) is 0 Å². The highest BCUT2D eigenvalue weighted by Crippen LogP contribution is 2.19. The molecule has 1 rings (SSSR count). The molecular formula is C9H17NO3. The Labute approximate surface area is 78.3 Å². The monoisotopic (exact) mass is 187 g/mol. The third-order valence-corrected chi connectivity index (χ3v) is 2.25. The van der Waals surface area contributed by atoms with Crippen LogP contribution >= 0.6 is 0 Å². The molecule has 1 heterocycles. The lowest BCUT2D eigenvalue weighted by Crippen LogP contribution is -2.60. The number of rotatable bonds is 5. The number of carboxylic acid groups (broad SMARTS) is 1. The van der Waals surface area contributed by atoms with Crippen LogP contribution in [0.25, 0.3) is 0 Å². The Balaban J connectivity index is 2.41. The molecule has 76 valence electrons. The summed E-state index contributed by atoms with van der Waals surface area (Å²) in [5, 5.41) is 11.9. The van der Waals surface area contributed by atoms with E-state index in [1.54, 1.807) is 0 Å². The van der Waals surface area contributed by atoms with Crippen LogP contribution in [0.5, 0.6) is 0 Å². The maximum absolute atomic E-state index is 10.8. The molecule has 0 aromatic rings. The van der Waals surface area contributed by atoms with Gasteiger partial charge < -0.3 is 15.2 Å². The number of aliphatic carboxylic acids is 1. The quantitative estimate of drug-likeness (QED) is 0.662. The molecule has 13 heavy (non-hydrogen) atoms. The van der Waals surface area contributed by atoms with Crippen molar-refractivity contribution in [3.05, 3.63) is 0 Å². The van der Waals surface area contributed by atoms with Gasteiger partial charge in [0.05, 0.1) is 5.60 Å². The minimum atomic E-state index is -0.852. The summed E-state index contributed by atoms with van der Waals surface area (Å²) in [7, 11) is 0. The van der Waals surface area contributed by atoms with Gasteiger partial charge in [0.1, 0.15) is 0 Å². The van der Waals surface area contributed by atoms with Crippen molar-refractivity contribution in [2.75, 3.05) is 13.1 Å². The van der Waals surface area contributed by atoms with Crippen molar-refractivity contribution in [1.29, 1.82) is 0 Å². The van der Waals surface area contributed by atoms with Crippen LogP contribution in [0.1, 0.15) is 26.7 Å². The summed E-state index contributed by atoms with van der Waals surface area (Å²) in [5.74, 6) is -0.852. The standard InChI is InChI=1S/C9H17NO3/c1-3-4-7(8(11)12)13-9(2)5-10-6-9/h7,10H,3-6H2,1-2H3,(H,11,12). The molecule has 0 bridgehead atoms. The van der Waals surface area contributed by atoms with Crippen LogP contribution in [0.3, 0.4) is 0 Å². The lowest BCUT2D eigenvalue weighted by Gasteiger charge is -2.40. The molecule has 0 amide bonds. The summed E-state index contributed by atoms with van der Waals surface area (Å²) < 4.78 is 5.51. The average Bonchev–Trinajstić information content (AvgIpc) is 2.00. The summed E-state index contributed by atoms with van der Waals surface area (Å²) >= 11 is 0. The van der Waals surface area contributed by atoms with Gasteiger partial charge in [0.25, 0.3) is 0 Å². The van der Waals surface area contributed by atoms with E-state index in [2.05, 4.69) is 5.32 Å². The first-order chi connectivity index (χ1) is 6.07. The molecule has 1 aliphatic rings. The van der Waals surface area contributed by atoms with Gasteiger partial charge in [-0.15, -0.1) is 0 Å². The molecule has 4 nitrogen and oxygen atoms in total. The smallest absolute Gasteiger partial charge is 0.332 e. The fourth-order valence-corrected chi connectivity index (χ4v) is 1.40. The summed E-state index contributed by atoms with van der Waals surface area (Å²) in [5.41, 5.74) is -0.266. The maximum Gasteiger partial charge on any atom is 0.332 e. The molecule has 1 aliphatic heterocycles. The number of hydrogen-bond donors (Lipinski definition) is 2. The predicted octanol–water partition coefficient (Wildman–Crippen LogP) is 0.618. The van der Waals surface area contributed by atoms with E-state index in [1.165, 1.54) is 0 Å². The maximum atomic E-state index is 10.8. The van der Waals surface area contributed by atoms with Crippen LogP contribution in [0.4, 0.5) is 0 Å². The SMILES string of the molecule is CCCC(OC1(C)CNC1)C(=O)O. The molecule has 2 N–H and O–H groups in total. The highest BCUT2D eigenvalue weighted by Gasteiger charge is 2.36. The number of carboxylic acids is 1. The molecule has 0 aromatic carbocycles. The summed E-state index contributed by atoms with van der Waals surface area (Å²) in [6.07, 6.45) is 0.780. The van der Waals surface area contributed by atoms with Crippen LogP contribution < -0.4 is 5.32 Å². The second-order valence-electron chi connectivity index (χ2n) is 3.79. The zero-order chi connectivity index (χ0) is 9.90. The van der Waals surface area contributed by atoms with Gasteiger partial charge >= 0.3 is 5.97 Å². The molecule has 0 aromatic heterocycles. The van der Waals surface area contributed by atoms with Crippen molar-refractivity contribution in [2.45, 2.75) is 38.4 Å². The van der Waals surface area contributed by atoms with Gasteiger partial charge in [-0.1, -0.05) is 13.3 Å². The Morgan fingerprint density at radius 2 is 2.31 bits per heavy atom. The lowest BCUT2D eigenvalue weighted by atomic mass is 9.99. The van der Waals surface area contributed by atoms with Gasteiger partial charge in [-0.05, 0) is 13.3 Å². The first kappa shape index (κ1) is 10.5. The molecule has 1 saturated heterocycles. The Kier molecular flexibility index (Phi) is 3.27. The van der Waals surface area contributed by atoms with Crippen molar-refractivity contribution < 1.29 is 14.6 Å². The van der Waals surface area contributed by atoms with Gasteiger partial charge in [0.2, 0.25) is 0 Å². The highest BCUT2D eigenvalue weighted by atomic mass is 16.5. The van der Waals surface area contributed by atoms with Gasteiger partial charge in [-0.2, -0.15) is 0 Å². The third kappa shape index (κ3) is 2.67. The normalized spacial score (nSPS) is 22.0. The summed E-state index contributed by atoms with van der Waals surface area (Å²) in [6.45, 7) is 5.40. The minimum Gasteiger partial charge on any atom is -0.479 e.